The van der Waals surface area contributed by atoms with Crippen LogP contribution in [0, 0.1) is 11.3 Å². The topological polar surface area (TPSA) is 20.2 Å². The van der Waals surface area contributed by atoms with E-state index in [0.29, 0.717) is 11.3 Å². The molecule has 0 radical (unpaired) electrons. The lowest BCUT2D eigenvalue weighted by Crippen LogP contribution is -2.27. The van der Waals surface area contributed by atoms with E-state index in [9.17, 15) is 5.11 Å². The fraction of sp³-hybridized carbons (Fsp3) is 0.733. The Morgan fingerprint density at radius 1 is 1.62 bits per heavy atom. The summed E-state index contributed by atoms with van der Waals surface area (Å²) in [6, 6.07) is 0. The van der Waals surface area contributed by atoms with E-state index in [1.54, 1.807) is 0 Å². The molecule has 1 aliphatic carbocycles. The van der Waals surface area contributed by atoms with Crippen molar-refractivity contribution in [1.29, 1.82) is 0 Å². The fourth-order valence-corrected chi connectivity index (χ4v) is 2.62. The summed E-state index contributed by atoms with van der Waals surface area (Å²) in [5.41, 5.74) is 2.90. The van der Waals surface area contributed by atoms with Crippen molar-refractivity contribution in [2.45, 2.75) is 60.0 Å². The molecule has 2 atom stereocenters. The minimum Gasteiger partial charge on any atom is -0.389 e. The molecule has 1 nitrogen and oxygen atoms in total. The van der Waals surface area contributed by atoms with Crippen molar-refractivity contribution >= 4 is 0 Å². The first-order chi connectivity index (χ1) is 7.38. The highest BCUT2D eigenvalue weighted by Crippen LogP contribution is 2.42. The van der Waals surface area contributed by atoms with E-state index in [4.69, 9.17) is 0 Å². The van der Waals surface area contributed by atoms with Crippen LogP contribution in [0.25, 0.3) is 0 Å². The van der Waals surface area contributed by atoms with E-state index in [2.05, 4.69) is 32.9 Å². The van der Waals surface area contributed by atoms with Crippen LogP contribution in [0.1, 0.15) is 53.9 Å². The molecule has 0 bridgehead atoms. The Morgan fingerprint density at radius 2 is 2.25 bits per heavy atom. The molecule has 1 aliphatic rings. The van der Waals surface area contributed by atoms with Crippen LogP contribution < -0.4 is 0 Å². The molecule has 1 heteroatoms. The Kier molecular flexibility index (Phi) is 4.37. The normalized spacial score (nSPS) is 27.5. The second kappa shape index (κ2) is 5.18. The fourth-order valence-electron chi connectivity index (χ4n) is 2.62. The molecular weight excluding hydrogens is 196 g/mol. The molecule has 0 aromatic carbocycles. The van der Waals surface area contributed by atoms with Crippen LogP contribution in [0.5, 0.6) is 0 Å². The maximum absolute atomic E-state index is 9.83. The average molecular weight is 222 g/mol. The maximum atomic E-state index is 9.83. The molecule has 1 N–H and O–H groups in total. The average Bonchev–Trinajstić information content (AvgIpc) is 2.21. The zero-order valence-electron chi connectivity index (χ0n) is 11.4. The van der Waals surface area contributed by atoms with Crippen molar-refractivity contribution in [2.75, 3.05) is 0 Å². The third kappa shape index (κ3) is 2.98. The summed E-state index contributed by atoms with van der Waals surface area (Å²) in [4.78, 5) is 0. The maximum Gasteiger partial charge on any atom is 0.0745 e. The monoisotopic (exact) mass is 222 g/mol. The zero-order chi connectivity index (χ0) is 12.3. The SMILES string of the molecule is CCC(O)/C(C)=C/C1C(C)=CCCC1(C)C. The van der Waals surface area contributed by atoms with E-state index in [1.807, 2.05) is 13.8 Å². The molecule has 92 valence electrons. The molecular formula is C15H26O. The van der Waals surface area contributed by atoms with Gasteiger partial charge >= 0.3 is 0 Å². The first-order valence-corrected chi connectivity index (χ1v) is 6.41. The lowest BCUT2D eigenvalue weighted by molar-refractivity contribution is 0.201. The Labute approximate surface area is 100 Å². The van der Waals surface area contributed by atoms with Crippen LogP contribution in [0.15, 0.2) is 23.3 Å². The van der Waals surface area contributed by atoms with Crippen molar-refractivity contribution in [3.05, 3.63) is 23.3 Å². The van der Waals surface area contributed by atoms with Gasteiger partial charge in [0.25, 0.3) is 0 Å². The van der Waals surface area contributed by atoms with Gasteiger partial charge in [-0.3, -0.25) is 0 Å². The predicted octanol–water partition coefficient (Wildman–Crippen LogP) is 4.09. The summed E-state index contributed by atoms with van der Waals surface area (Å²) in [6.45, 7) is 10.9. The number of hydrogen-bond donors (Lipinski definition) is 1. The van der Waals surface area contributed by atoms with Crippen LogP contribution in [0.4, 0.5) is 0 Å². The third-order valence-corrected chi connectivity index (χ3v) is 3.93. The lowest BCUT2D eigenvalue weighted by atomic mass is 9.68. The summed E-state index contributed by atoms with van der Waals surface area (Å²) in [5, 5.41) is 9.83. The van der Waals surface area contributed by atoms with Gasteiger partial charge in [0.15, 0.2) is 0 Å². The van der Waals surface area contributed by atoms with Crippen LogP contribution in [-0.4, -0.2) is 11.2 Å². The zero-order valence-corrected chi connectivity index (χ0v) is 11.4. The Morgan fingerprint density at radius 3 is 2.75 bits per heavy atom. The highest BCUT2D eigenvalue weighted by molar-refractivity contribution is 5.22. The first kappa shape index (κ1) is 13.5. The number of allylic oxidation sites excluding steroid dienone is 3. The number of hydrogen-bond acceptors (Lipinski definition) is 1. The molecule has 16 heavy (non-hydrogen) atoms. The molecule has 0 heterocycles. The van der Waals surface area contributed by atoms with Crippen molar-refractivity contribution in [3.63, 3.8) is 0 Å². The molecule has 0 amide bonds. The first-order valence-electron chi connectivity index (χ1n) is 6.41. The van der Waals surface area contributed by atoms with E-state index in [-0.39, 0.29) is 6.10 Å². The van der Waals surface area contributed by atoms with Crippen molar-refractivity contribution in [1.82, 2.24) is 0 Å². The largest absolute Gasteiger partial charge is 0.389 e. The van der Waals surface area contributed by atoms with Gasteiger partial charge in [-0.15, -0.1) is 0 Å². The summed E-state index contributed by atoms with van der Waals surface area (Å²) in [5.74, 6) is 0.488. The van der Waals surface area contributed by atoms with E-state index in [0.717, 1.165) is 12.0 Å². The Balaban J connectivity index is 2.92. The quantitative estimate of drug-likeness (QED) is 0.713. The summed E-state index contributed by atoms with van der Waals surface area (Å²) in [6.07, 6.45) is 7.58. The van der Waals surface area contributed by atoms with Gasteiger partial charge in [0.1, 0.15) is 0 Å². The van der Waals surface area contributed by atoms with Gasteiger partial charge < -0.3 is 5.11 Å². The predicted molar refractivity (Wildman–Crippen MR) is 70.3 cm³/mol. The van der Waals surface area contributed by atoms with Crippen LogP contribution in [-0.2, 0) is 0 Å². The van der Waals surface area contributed by atoms with Crippen LogP contribution in [0.3, 0.4) is 0 Å². The minimum absolute atomic E-state index is 0.273. The third-order valence-electron chi connectivity index (χ3n) is 3.93. The Hall–Kier alpha value is -0.560. The van der Waals surface area contributed by atoms with Crippen LogP contribution in [0.2, 0.25) is 0 Å². The molecule has 0 saturated heterocycles. The van der Waals surface area contributed by atoms with E-state index in [1.165, 1.54) is 18.4 Å². The summed E-state index contributed by atoms with van der Waals surface area (Å²) >= 11 is 0. The van der Waals surface area contributed by atoms with Gasteiger partial charge in [-0.25, -0.2) is 0 Å². The molecule has 0 fully saturated rings. The standard InChI is InChI=1S/C15H26O/c1-6-14(16)12(3)10-13-11(2)8-7-9-15(13,4)5/h8,10,13-14,16H,6-7,9H2,1-5H3/b12-10+. The van der Waals surface area contributed by atoms with Gasteiger partial charge in [0.2, 0.25) is 0 Å². The van der Waals surface area contributed by atoms with Gasteiger partial charge in [-0.1, -0.05) is 38.5 Å². The van der Waals surface area contributed by atoms with Gasteiger partial charge in [0.05, 0.1) is 6.10 Å². The molecule has 1 rings (SSSR count). The van der Waals surface area contributed by atoms with Crippen molar-refractivity contribution < 1.29 is 5.11 Å². The smallest absolute Gasteiger partial charge is 0.0745 e. The highest BCUT2D eigenvalue weighted by atomic mass is 16.3. The lowest BCUT2D eigenvalue weighted by Gasteiger charge is -2.37. The number of rotatable bonds is 3. The summed E-state index contributed by atoms with van der Waals surface area (Å²) < 4.78 is 0. The molecule has 0 saturated carbocycles. The van der Waals surface area contributed by atoms with Crippen molar-refractivity contribution in [2.24, 2.45) is 11.3 Å². The van der Waals surface area contributed by atoms with E-state index >= 15 is 0 Å². The molecule has 2 unspecified atom stereocenters. The van der Waals surface area contributed by atoms with Gasteiger partial charge in [-0.2, -0.15) is 0 Å². The molecule has 0 spiro atoms. The van der Waals surface area contributed by atoms with Gasteiger partial charge in [0, 0.05) is 5.92 Å². The van der Waals surface area contributed by atoms with Crippen LogP contribution >= 0.6 is 0 Å². The number of aliphatic hydroxyl groups excluding tert-OH is 1. The molecule has 0 aromatic rings. The van der Waals surface area contributed by atoms with E-state index < -0.39 is 0 Å². The highest BCUT2D eigenvalue weighted by Gasteiger charge is 2.31. The second-order valence-corrected chi connectivity index (χ2v) is 5.79. The molecule has 0 aromatic heterocycles. The van der Waals surface area contributed by atoms with Gasteiger partial charge in [-0.05, 0) is 44.1 Å². The van der Waals surface area contributed by atoms with Crippen molar-refractivity contribution in [3.8, 4) is 0 Å². The Bertz CT molecular complexity index is 297. The summed E-state index contributed by atoms with van der Waals surface area (Å²) in [7, 11) is 0. The molecule has 0 aliphatic heterocycles. The second-order valence-electron chi connectivity index (χ2n) is 5.79. The minimum atomic E-state index is -0.273. The number of aliphatic hydroxyl groups is 1.